The fraction of sp³-hybridized carbons (Fsp3) is 0.278. The maximum atomic E-state index is 11.9. The van der Waals surface area contributed by atoms with Crippen molar-refractivity contribution in [2.24, 2.45) is 0 Å². The molecule has 1 aromatic heterocycles. The number of nitrogens with one attached hydrogen (secondary N) is 3. The van der Waals surface area contributed by atoms with E-state index in [1.165, 1.54) is 11.2 Å². The number of likely N-dealkylation sites (N-methyl/N-ethyl adjacent to an activating group) is 1. The Morgan fingerprint density at radius 3 is 2.41 bits per heavy atom. The van der Waals surface area contributed by atoms with Gasteiger partial charge in [-0.15, -0.1) is 0 Å². The van der Waals surface area contributed by atoms with Gasteiger partial charge in [0.2, 0.25) is 11.8 Å². The zero-order valence-electron chi connectivity index (χ0n) is 15.2. The molecule has 0 atom stereocenters. The topological polar surface area (TPSA) is 113 Å². The number of ether oxygens (including phenoxy) is 1. The fourth-order valence-electron chi connectivity index (χ4n) is 2.20. The van der Waals surface area contributed by atoms with Crippen LogP contribution in [0.4, 0.5) is 10.5 Å². The molecule has 0 bridgehead atoms. The first-order valence-corrected chi connectivity index (χ1v) is 8.19. The van der Waals surface area contributed by atoms with Crippen LogP contribution in [0.5, 0.6) is 5.75 Å². The standard InChI is InChI=1S/C18H22N4O5/c1-22(11-16(23)19-10-15-4-3-9-27-15)12-17(24)21-18(25)20-13-5-7-14(26-2)8-6-13/h3-9H,10-12H2,1-2H3,(H,19,23)(H2,20,21,24,25). The highest BCUT2D eigenvalue weighted by molar-refractivity contribution is 6.01. The van der Waals surface area contributed by atoms with Gasteiger partial charge < -0.3 is 19.8 Å². The Hall–Kier alpha value is -3.33. The van der Waals surface area contributed by atoms with Gasteiger partial charge in [0.15, 0.2) is 0 Å². The summed E-state index contributed by atoms with van der Waals surface area (Å²) in [4.78, 5) is 37.1. The summed E-state index contributed by atoms with van der Waals surface area (Å²) in [6, 6.07) is 9.50. The molecule has 0 fully saturated rings. The molecule has 2 rings (SSSR count). The van der Waals surface area contributed by atoms with Crippen molar-refractivity contribution >= 4 is 23.5 Å². The van der Waals surface area contributed by atoms with E-state index < -0.39 is 11.9 Å². The van der Waals surface area contributed by atoms with Crippen molar-refractivity contribution in [2.45, 2.75) is 6.54 Å². The van der Waals surface area contributed by atoms with Gasteiger partial charge in [-0.05, 0) is 43.4 Å². The van der Waals surface area contributed by atoms with E-state index in [-0.39, 0.29) is 25.5 Å². The molecule has 27 heavy (non-hydrogen) atoms. The molecule has 0 unspecified atom stereocenters. The lowest BCUT2D eigenvalue weighted by Crippen LogP contribution is -2.43. The van der Waals surface area contributed by atoms with E-state index in [1.807, 2.05) is 0 Å². The minimum absolute atomic E-state index is 0.00816. The number of carbonyl (C=O) groups excluding carboxylic acids is 3. The van der Waals surface area contributed by atoms with Crippen LogP contribution < -0.4 is 20.7 Å². The summed E-state index contributed by atoms with van der Waals surface area (Å²) in [6.45, 7) is 0.175. The van der Waals surface area contributed by atoms with E-state index in [9.17, 15) is 14.4 Å². The summed E-state index contributed by atoms with van der Waals surface area (Å²) in [5.41, 5.74) is 0.520. The number of anilines is 1. The number of rotatable bonds is 8. The summed E-state index contributed by atoms with van der Waals surface area (Å²) in [7, 11) is 3.15. The first-order chi connectivity index (χ1) is 13.0. The Kier molecular flexibility index (Phi) is 7.38. The van der Waals surface area contributed by atoms with Crippen LogP contribution in [0.25, 0.3) is 0 Å². The normalized spacial score (nSPS) is 10.3. The zero-order chi connectivity index (χ0) is 19.6. The quantitative estimate of drug-likeness (QED) is 0.640. The van der Waals surface area contributed by atoms with Gasteiger partial charge in [0, 0.05) is 5.69 Å². The van der Waals surface area contributed by atoms with Crippen molar-refractivity contribution in [3.63, 3.8) is 0 Å². The molecule has 0 saturated carbocycles. The largest absolute Gasteiger partial charge is 0.497 e. The third kappa shape index (κ3) is 7.20. The molecule has 9 nitrogen and oxygen atoms in total. The number of amides is 4. The average molecular weight is 374 g/mol. The SMILES string of the molecule is COc1ccc(NC(=O)NC(=O)CN(C)CC(=O)NCc2ccco2)cc1. The number of methoxy groups -OCH3 is 1. The number of furan rings is 1. The maximum absolute atomic E-state index is 11.9. The van der Waals surface area contributed by atoms with E-state index in [0.29, 0.717) is 17.2 Å². The van der Waals surface area contributed by atoms with Gasteiger partial charge in [-0.3, -0.25) is 19.8 Å². The van der Waals surface area contributed by atoms with Crippen LogP contribution in [0.15, 0.2) is 47.1 Å². The average Bonchev–Trinajstić information content (AvgIpc) is 3.13. The van der Waals surface area contributed by atoms with Gasteiger partial charge in [0.1, 0.15) is 11.5 Å². The second kappa shape index (κ2) is 9.97. The number of hydrogen-bond acceptors (Lipinski definition) is 6. The predicted octanol–water partition coefficient (Wildman–Crippen LogP) is 1.18. The Bertz CT molecular complexity index is 759. The molecule has 2 aromatic rings. The number of hydrogen-bond donors (Lipinski definition) is 3. The summed E-state index contributed by atoms with van der Waals surface area (Å²) < 4.78 is 10.1. The number of urea groups is 1. The van der Waals surface area contributed by atoms with Crippen LogP contribution in [0, 0.1) is 0 Å². The molecule has 1 aromatic carbocycles. The molecule has 9 heteroatoms. The molecule has 0 aliphatic heterocycles. The Balaban J connectivity index is 1.68. The summed E-state index contributed by atoms with van der Waals surface area (Å²) >= 11 is 0. The molecular formula is C18H22N4O5. The minimum atomic E-state index is -0.652. The lowest BCUT2D eigenvalue weighted by molar-refractivity contribution is -0.124. The Morgan fingerprint density at radius 1 is 1.07 bits per heavy atom. The van der Waals surface area contributed by atoms with Crippen LogP contribution in [0.2, 0.25) is 0 Å². The predicted molar refractivity (Wildman–Crippen MR) is 98.2 cm³/mol. The van der Waals surface area contributed by atoms with E-state index in [2.05, 4.69) is 16.0 Å². The van der Waals surface area contributed by atoms with Crippen LogP contribution in [0.3, 0.4) is 0 Å². The number of imide groups is 1. The highest BCUT2D eigenvalue weighted by Crippen LogP contribution is 2.14. The van der Waals surface area contributed by atoms with Crippen molar-refractivity contribution < 1.29 is 23.5 Å². The van der Waals surface area contributed by atoms with Gasteiger partial charge in [0.05, 0.1) is 33.0 Å². The third-order valence-corrected chi connectivity index (χ3v) is 3.47. The van der Waals surface area contributed by atoms with E-state index in [0.717, 1.165) is 0 Å². The van der Waals surface area contributed by atoms with Crippen LogP contribution in [0.1, 0.15) is 5.76 Å². The van der Waals surface area contributed by atoms with Crippen LogP contribution in [-0.2, 0) is 16.1 Å². The van der Waals surface area contributed by atoms with E-state index in [1.54, 1.807) is 50.6 Å². The van der Waals surface area contributed by atoms with Gasteiger partial charge >= 0.3 is 6.03 Å². The second-order valence-corrected chi connectivity index (χ2v) is 5.76. The second-order valence-electron chi connectivity index (χ2n) is 5.76. The maximum Gasteiger partial charge on any atom is 0.325 e. The molecular weight excluding hydrogens is 352 g/mol. The molecule has 1 heterocycles. The number of carbonyl (C=O) groups is 3. The highest BCUT2D eigenvalue weighted by atomic mass is 16.5. The van der Waals surface area contributed by atoms with Crippen molar-refractivity contribution in [3.8, 4) is 5.75 Å². The molecule has 0 spiro atoms. The van der Waals surface area contributed by atoms with Gasteiger partial charge in [-0.1, -0.05) is 0 Å². The molecule has 0 radical (unpaired) electrons. The lowest BCUT2D eigenvalue weighted by atomic mass is 10.3. The third-order valence-electron chi connectivity index (χ3n) is 3.47. The summed E-state index contributed by atoms with van der Waals surface area (Å²) in [6.07, 6.45) is 1.52. The first kappa shape index (κ1) is 20.0. The van der Waals surface area contributed by atoms with Gasteiger partial charge in [0.25, 0.3) is 0 Å². The molecule has 3 N–H and O–H groups in total. The first-order valence-electron chi connectivity index (χ1n) is 8.19. The minimum Gasteiger partial charge on any atom is -0.497 e. The zero-order valence-corrected chi connectivity index (χ0v) is 15.2. The van der Waals surface area contributed by atoms with Crippen LogP contribution in [-0.4, -0.2) is 50.0 Å². The van der Waals surface area contributed by atoms with E-state index in [4.69, 9.17) is 9.15 Å². The molecule has 0 aliphatic carbocycles. The molecule has 0 aliphatic rings. The monoisotopic (exact) mass is 374 g/mol. The highest BCUT2D eigenvalue weighted by Gasteiger charge is 2.13. The van der Waals surface area contributed by atoms with Gasteiger partial charge in [-0.25, -0.2) is 4.79 Å². The number of nitrogens with zero attached hydrogens (tertiary/aromatic N) is 1. The van der Waals surface area contributed by atoms with E-state index >= 15 is 0 Å². The lowest BCUT2D eigenvalue weighted by Gasteiger charge is -2.15. The summed E-state index contributed by atoms with van der Waals surface area (Å²) in [5, 5.41) is 7.42. The van der Waals surface area contributed by atoms with Gasteiger partial charge in [-0.2, -0.15) is 0 Å². The van der Waals surface area contributed by atoms with Crippen LogP contribution >= 0.6 is 0 Å². The van der Waals surface area contributed by atoms with Crippen molar-refractivity contribution in [2.75, 3.05) is 32.6 Å². The van der Waals surface area contributed by atoms with Crippen molar-refractivity contribution in [1.82, 2.24) is 15.5 Å². The number of benzene rings is 1. The Morgan fingerprint density at radius 2 is 1.78 bits per heavy atom. The van der Waals surface area contributed by atoms with Crippen molar-refractivity contribution in [1.29, 1.82) is 0 Å². The summed E-state index contributed by atoms with van der Waals surface area (Å²) in [5.74, 6) is 0.509. The van der Waals surface area contributed by atoms with Crippen molar-refractivity contribution in [3.05, 3.63) is 48.4 Å². The Labute approximate surface area is 156 Å². The fourth-order valence-corrected chi connectivity index (χ4v) is 2.20. The smallest absolute Gasteiger partial charge is 0.325 e. The molecule has 0 saturated heterocycles. The molecule has 4 amide bonds. The molecule has 144 valence electrons.